The van der Waals surface area contributed by atoms with Crippen molar-refractivity contribution in [3.63, 3.8) is 0 Å². The number of amides is 1. The number of aromatic nitrogens is 4. The van der Waals surface area contributed by atoms with Gasteiger partial charge in [0.15, 0.2) is 21.3 Å². The highest BCUT2D eigenvalue weighted by Crippen LogP contribution is 2.20. The van der Waals surface area contributed by atoms with Crippen molar-refractivity contribution >= 4 is 21.4 Å². The number of rotatable bonds is 4. The van der Waals surface area contributed by atoms with Crippen molar-refractivity contribution in [1.82, 2.24) is 25.1 Å². The zero-order valence-corrected chi connectivity index (χ0v) is 14.3. The van der Waals surface area contributed by atoms with Crippen LogP contribution in [-0.2, 0) is 9.84 Å². The monoisotopic (exact) mass is 347 g/mol. The third-order valence-corrected chi connectivity index (χ3v) is 4.53. The summed E-state index contributed by atoms with van der Waals surface area (Å²) in [5.74, 6) is 0.266. The first-order valence-corrected chi connectivity index (χ1v) is 9.20. The molecule has 0 aliphatic carbocycles. The predicted octanol–water partition coefficient (Wildman–Crippen LogP) is 1.27. The lowest BCUT2D eigenvalue weighted by atomic mass is 10.2. The molecule has 3 rings (SSSR count). The third kappa shape index (κ3) is 3.02. The van der Waals surface area contributed by atoms with E-state index in [1.807, 2.05) is 13.8 Å². The number of carbonyl (C=O) groups excluding carboxylic acids is 1. The number of nitrogens with zero attached hydrogens (tertiary/aromatic N) is 3. The first kappa shape index (κ1) is 16.2. The zero-order valence-electron chi connectivity index (χ0n) is 13.4. The molecule has 0 atom stereocenters. The summed E-state index contributed by atoms with van der Waals surface area (Å²) in [7, 11) is -3.25. The average Bonchev–Trinajstić information content (AvgIpc) is 3.05. The molecule has 0 bridgehead atoms. The van der Waals surface area contributed by atoms with Gasteiger partial charge in [-0.2, -0.15) is 0 Å². The number of benzene rings is 1. The van der Waals surface area contributed by atoms with E-state index in [4.69, 9.17) is 0 Å². The second-order valence-corrected chi connectivity index (χ2v) is 7.83. The standard InChI is InChI=1S/C15H17N5O3S/c1-9(2)16-15(21)12-8-13-17-18-14(20(13)19-12)10-4-6-11(7-5-10)24(3,22)23/h4-9,19H,1-3H3,(H,16,21). The highest BCUT2D eigenvalue weighted by molar-refractivity contribution is 7.90. The van der Waals surface area contributed by atoms with Gasteiger partial charge in [0.2, 0.25) is 0 Å². The number of H-pyrrole nitrogens is 1. The fraction of sp³-hybridized carbons (Fsp3) is 0.267. The number of aromatic amines is 1. The van der Waals surface area contributed by atoms with Crippen LogP contribution in [0.2, 0.25) is 0 Å². The van der Waals surface area contributed by atoms with Crippen molar-refractivity contribution < 1.29 is 13.2 Å². The summed E-state index contributed by atoms with van der Waals surface area (Å²) >= 11 is 0. The molecule has 0 fully saturated rings. The molecule has 0 saturated carbocycles. The molecule has 126 valence electrons. The van der Waals surface area contributed by atoms with E-state index in [0.29, 0.717) is 22.7 Å². The molecule has 3 aromatic rings. The van der Waals surface area contributed by atoms with Gasteiger partial charge in [-0.15, -0.1) is 10.2 Å². The molecule has 0 aliphatic rings. The molecule has 0 radical (unpaired) electrons. The summed E-state index contributed by atoms with van der Waals surface area (Å²) in [5.41, 5.74) is 1.57. The molecular formula is C15H17N5O3S. The third-order valence-electron chi connectivity index (χ3n) is 3.40. The summed E-state index contributed by atoms with van der Waals surface area (Å²) in [6.07, 6.45) is 1.15. The first-order valence-electron chi connectivity index (χ1n) is 7.31. The van der Waals surface area contributed by atoms with E-state index < -0.39 is 9.84 Å². The summed E-state index contributed by atoms with van der Waals surface area (Å²) < 4.78 is 24.6. The maximum atomic E-state index is 12.1. The molecule has 0 saturated heterocycles. The van der Waals surface area contributed by atoms with Crippen molar-refractivity contribution in [2.24, 2.45) is 0 Å². The van der Waals surface area contributed by atoms with Gasteiger partial charge in [-0.25, -0.2) is 12.9 Å². The Balaban J connectivity index is 1.98. The maximum absolute atomic E-state index is 12.1. The van der Waals surface area contributed by atoms with Gasteiger partial charge in [0, 0.05) is 23.9 Å². The molecule has 24 heavy (non-hydrogen) atoms. The van der Waals surface area contributed by atoms with Gasteiger partial charge < -0.3 is 5.32 Å². The summed E-state index contributed by atoms with van der Waals surface area (Å²) in [6, 6.07) is 7.97. The Hall–Kier alpha value is -2.68. The first-order chi connectivity index (χ1) is 11.3. The fourth-order valence-electron chi connectivity index (χ4n) is 2.28. The van der Waals surface area contributed by atoms with E-state index in [1.165, 1.54) is 12.1 Å². The Morgan fingerprint density at radius 2 is 1.88 bits per heavy atom. The van der Waals surface area contributed by atoms with Gasteiger partial charge in [-0.1, -0.05) is 0 Å². The number of sulfone groups is 1. The molecule has 2 aromatic heterocycles. The van der Waals surface area contributed by atoms with E-state index in [9.17, 15) is 13.2 Å². The second-order valence-electron chi connectivity index (χ2n) is 5.81. The van der Waals surface area contributed by atoms with Crippen molar-refractivity contribution in [1.29, 1.82) is 0 Å². The molecule has 0 aliphatic heterocycles. The highest BCUT2D eigenvalue weighted by atomic mass is 32.2. The van der Waals surface area contributed by atoms with Crippen LogP contribution in [0, 0.1) is 0 Å². The lowest BCUT2D eigenvalue weighted by Gasteiger charge is -2.06. The van der Waals surface area contributed by atoms with Crippen LogP contribution in [0.15, 0.2) is 35.2 Å². The van der Waals surface area contributed by atoms with Crippen LogP contribution in [0.3, 0.4) is 0 Å². The molecule has 2 heterocycles. The van der Waals surface area contributed by atoms with E-state index in [-0.39, 0.29) is 16.8 Å². The van der Waals surface area contributed by atoms with Gasteiger partial charge in [0.05, 0.1) is 4.90 Å². The average molecular weight is 347 g/mol. The summed E-state index contributed by atoms with van der Waals surface area (Å²) in [6.45, 7) is 3.75. The number of fused-ring (bicyclic) bond motifs is 1. The molecular weight excluding hydrogens is 330 g/mol. The summed E-state index contributed by atoms with van der Waals surface area (Å²) in [5, 5.41) is 13.9. The molecule has 2 N–H and O–H groups in total. The smallest absolute Gasteiger partial charge is 0.269 e. The van der Waals surface area contributed by atoms with E-state index in [1.54, 1.807) is 22.7 Å². The van der Waals surface area contributed by atoms with Crippen LogP contribution in [-0.4, -0.2) is 46.4 Å². The molecule has 1 aromatic carbocycles. The van der Waals surface area contributed by atoms with E-state index in [2.05, 4.69) is 20.6 Å². The second kappa shape index (κ2) is 5.75. The Kier molecular flexibility index (Phi) is 3.88. The van der Waals surface area contributed by atoms with Crippen LogP contribution in [0.1, 0.15) is 24.3 Å². The Morgan fingerprint density at radius 3 is 2.46 bits per heavy atom. The van der Waals surface area contributed by atoms with Crippen molar-refractivity contribution in [2.45, 2.75) is 24.8 Å². The van der Waals surface area contributed by atoms with Crippen LogP contribution >= 0.6 is 0 Å². The number of hydrogen-bond donors (Lipinski definition) is 2. The number of carbonyl (C=O) groups is 1. The van der Waals surface area contributed by atoms with Crippen LogP contribution in [0.5, 0.6) is 0 Å². The molecule has 0 spiro atoms. The van der Waals surface area contributed by atoms with Crippen LogP contribution in [0.25, 0.3) is 17.0 Å². The lowest BCUT2D eigenvalue weighted by molar-refractivity contribution is 0.0938. The maximum Gasteiger partial charge on any atom is 0.269 e. The number of nitrogens with one attached hydrogen (secondary N) is 2. The van der Waals surface area contributed by atoms with E-state index in [0.717, 1.165) is 6.26 Å². The zero-order chi connectivity index (χ0) is 17.5. The topological polar surface area (TPSA) is 109 Å². The van der Waals surface area contributed by atoms with Crippen molar-refractivity contribution in [2.75, 3.05) is 6.26 Å². The quantitative estimate of drug-likeness (QED) is 0.738. The van der Waals surface area contributed by atoms with Crippen molar-refractivity contribution in [3.05, 3.63) is 36.0 Å². The normalized spacial score (nSPS) is 12.0. The van der Waals surface area contributed by atoms with Gasteiger partial charge in [-0.05, 0) is 38.1 Å². The van der Waals surface area contributed by atoms with Crippen LogP contribution < -0.4 is 5.32 Å². The minimum atomic E-state index is -3.25. The predicted molar refractivity (Wildman–Crippen MR) is 88.5 cm³/mol. The van der Waals surface area contributed by atoms with Crippen molar-refractivity contribution in [3.8, 4) is 11.4 Å². The van der Waals surface area contributed by atoms with Gasteiger partial charge in [-0.3, -0.25) is 9.89 Å². The minimum absolute atomic E-state index is 0.0225. The summed E-state index contributed by atoms with van der Waals surface area (Å²) in [4.78, 5) is 12.3. The van der Waals surface area contributed by atoms with Gasteiger partial charge in [0.25, 0.3) is 5.91 Å². The highest BCUT2D eigenvalue weighted by Gasteiger charge is 2.16. The molecule has 8 nitrogen and oxygen atoms in total. The SMILES string of the molecule is CC(C)NC(=O)c1cc2nnc(-c3ccc(S(C)(=O)=O)cc3)n2[nH]1. The molecule has 9 heteroatoms. The van der Waals surface area contributed by atoms with Gasteiger partial charge in [0.1, 0.15) is 5.69 Å². The van der Waals surface area contributed by atoms with Crippen LogP contribution in [0.4, 0.5) is 0 Å². The molecule has 0 unspecified atom stereocenters. The number of hydrogen-bond acceptors (Lipinski definition) is 5. The fourth-order valence-corrected chi connectivity index (χ4v) is 2.91. The van der Waals surface area contributed by atoms with E-state index >= 15 is 0 Å². The largest absolute Gasteiger partial charge is 0.349 e. The minimum Gasteiger partial charge on any atom is -0.349 e. The Morgan fingerprint density at radius 1 is 1.21 bits per heavy atom. The van der Waals surface area contributed by atoms with Gasteiger partial charge >= 0.3 is 0 Å². The Labute approximate surface area is 138 Å². The lowest BCUT2D eigenvalue weighted by Crippen LogP contribution is -2.30. The molecule has 1 amide bonds. The Bertz CT molecular complexity index is 1000.